The van der Waals surface area contributed by atoms with Crippen molar-refractivity contribution in [3.8, 4) is 0 Å². The van der Waals surface area contributed by atoms with E-state index in [1.165, 1.54) is 11.1 Å². The van der Waals surface area contributed by atoms with E-state index < -0.39 is 0 Å². The van der Waals surface area contributed by atoms with Crippen LogP contribution in [-0.2, 0) is 19.5 Å². The van der Waals surface area contributed by atoms with Gasteiger partial charge in [-0.05, 0) is 42.6 Å². The lowest BCUT2D eigenvalue weighted by Crippen LogP contribution is -2.23. The van der Waals surface area contributed by atoms with Crippen molar-refractivity contribution in [3.05, 3.63) is 54.4 Å². The average Bonchev–Trinajstić information content (AvgIpc) is 3.02. The molecule has 4 rings (SSSR count). The molecule has 1 aliphatic rings. The fourth-order valence-electron chi connectivity index (χ4n) is 2.99. The number of aromatic nitrogens is 4. The molecule has 0 amide bonds. The predicted molar refractivity (Wildman–Crippen MR) is 110 cm³/mol. The van der Waals surface area contributed by atoms with E-state index >= 15 is 0 Å². The maximum absolute atomic E-state index is 4.62. The number of aryl methyl sites for hydroxylation is 1. The van der Waals surface area contributed by atoms with Crippen molar-refractivity contribution < 1.29 is 0 Å². The highest BCUT2D eigenvalue weighted by Crippen LogP contribution is 2.22. The Balaban J connectivity index is 0.00000121. The number of hydrogen-bond donors (Lipinski definition) is 2. The zero-order chi connectivity index (χ0) is 16.4. The number of benzene rings is 1. The van der Waals surface area contributed by atoms with Crippen molar-refractivity contribution in [2.75, 3.05) is 11.9 Å². The molecule has 0 saturated carbocycles. The van der Waals surface area contributed by atoms with E-state index in [4.69, 9.17) is 0 Å². The van der Waals surface area contributed by atoms with Gasteiger partial charge in [-0.2, -0.15) is 10.1 Å². The Kier molecular flexibility index (Phi) is 6.97. The molecule has 3 aromatic rings. The van der Waals surface area contributed by atoms with E-state index in [1.807, 2.05) is 17.0 Å². The molecule has 2 N–H and O–H groups in total. The molecule has 0 aliphatic carbocycles. The van der Waals surface area contributed by atoms with E-state index in [9.17, 15) is 0 Å². The van der Waals surface area contributed by atoms with E-state index in [0.29, 0.717) is 5.95 Å². The van der Waals surface area contributed by atoms with Crippen LogP contribution in [0.1, 0.15) is 17.5 Å². The lowest BCUT2D eigenvalue weighted by molar-refractivity contribution is 0.639. The summed E-state index contributed by atoms with van der Waals surface area (Å²) in [4.78, 5) is 9.02. The van der Waals surface area contributed by atoms with Crippen molar-refractivity contribution in [3.63, 3.8) is 0 Å². The quantitative estimate of drug-likeness (QED) is 0.648. The molecule has 3 heterocycles. The monoisotopic (exact) mass is 392 g/mol. The summed E-state index contributed by atoms with van der Waals surface area (Å²) in [5.41, 5.74) is 4.60. The van der Waals surface area contributed by atoms with Crippen molar-refractivity contribution in [1.82, 2.24) is 25.1 Å². The van der Waals surface area contributed by atoms with Crippen molar-refractivity contribution in [2.45, 2.75) is 25.9 Å². The molecular weight excluding hydrogens is 371 g/mol. The number of allylic oxidation sites excluding steroid dienone is 1. The first-order chi connectivity index (χ1) is 11.8. The highest BCUT2D eigenvalue weighted by molar-refractivity contribution is 5.85. The first-order valence-electron chi connectivity index (χ1n) is 8.22. The highest BCUT2D eigenvalue weighted by atomic mass is 35.5. The van der Waals surface area contributed by atoms with Crippen LogP contribution >= 0.6 is 24.8 Å². The number of nitrogens with one attached hydrogen (secondary N) is 2. The molecule has 0 unspecified atom stereocenters. The van der Waals surface area contributed by atoms with Crippen LogP contribution in [0.3, 0.4) is 0 Å². The van der Waals surface area contributed by atoms with Gasteiger partial charge in [0, 0.05) is 25.0 Å². The maximum atomic E-state index is 4.62. The van der Waals surface area contributed by atoms with Gasteiger partial charge in [0.25, 0.3) is 0 Å². The molecule has 1 aliphatic heterocycles. The standard InChI is InChI=1S/C18H20N6.2ClH/c1-2-3-8-24-17-15(12-21-24)11-20-18(23-17)22-16-5-4-13-6-7-19-10-14(13)9-16;;/h2,4-5,9,11-12,19H,1,3,6-8,10H2,(H,20,22,23);2*1H. The fourth-order valence-corrected chi connectivity index (χ4v) is 2.99. The third-order valence-electron chi connectivity index (χ3n) is 4.27. The molecular formula is C18H22Cl2N6. The minimum absolute atomic E-state index is 0. The molecule has 2 aromatic heterocycles. The summed E-state index contributed by atoms with van der Waals surface area (Å²) in [6.45, 7) is 6.49. The predicted octanol–water partition coefficient (Wildman–Crippen LogP) is 3.64. The smallest absolute Gasteiger partial charge is 0.229 e. The second kappa shape index (κ2) is 8.98. The van der Waals surface area contributed by atoms with Crippen molar-refractivity contribution >= 4 is 47.5 Å². The van der Waals surface area contributed by atoms with Crippen LogP contribution in [0, 0.1) is 0 Å². The van der Waals surface area contributed by atoms with Gasteiger partial charge in [-0.3, -0.25) is 0 Å². The second-order valence-corrected chi connectivity index (χ2v) is 5.95. The molecule has 0 bridgehead atoms. The van der Waals surface area contributed by atoms with Crippen LogP contribution < -0.4 is 10.6 Å². The Bertz CT molecular complexity index is 893. The van der Waals surface area contributed by atoms with Gasteiger partial charge in [-0.1, -0.05) is 12.1 Å². The number of anilines is 2. The van der Waals surface area contributed by atoms with Gasteiger partial charge in [-0.25, -0.2) is 9.67 Å². The molecule has 6 nitrogen and oxygen atoms in total. The van der Waals surface area contributed by atoms with Gasteiger partial charge in [-0.15, -0.1) is 31.4 Å². The third-order valence-corrected chi connectivity index (χ3v) is 4.27. The molecule has 26 heavy (non-hydrogen) atoms. The summed E-state index contributed by atoms with van der Waals surface area (Å²) in [6, 6.07) is 6.45. The topological polar surface area (TPSA) is 67.7 Å². The Labute approximate surface area is 164 Å². The fraction of sp³-hybridized carbons (Fsp3) is 0.278. The highest BCUT2D eigenvalue weighted by Gasteiger charge is 2.10. The summed E-state index contributed by atoms with van der Waals surface area (Å²) < 4.78 is 1.89. The molecule has 0 spiro atoms. The van der Waals surface area contributed by atoms with Gasteiger partial charge < -0.3 is 10.6 Å². The normalized spacial score (nSPS) is 12.6. The minimum Gasteiger partial charge on any atom is -0.324 e. The van der Waals surface area contributed by atoms with Crippen molar-refractivity contribution in [1.29, 1.82) is 0 Å². The van der Waals surface area contributed by atoms with Crippen LogP contribution in [0.2, 0.25) is 0 Å². The molecule has 8 heteroatoms. The first-order valence-corrected chi connectivity index (χ1v) is 8.22. The van der Waals surface area contributed by atoms with Crippen LogP contribution in [-0.4, -0.2) is 26.3 Å². The summed E-state index contributed by atoms with van der Waals surface area (Å²) in [5.74, 6) is 0.589. The average molecular weight is 393 g/mol. The minimum atomic E-state index is 0. The largest absolute Gasteiger partial charge is 0.324 e. The number of nitrogens with zero attached hydrogens (tertiary/aromatic N) is 4. The molecule has 0 atom stereocenters. The molecule has 1 aromatic carbocycles. The molecule has 0 radical (unpaired) electrons. The lowest BCUT2D eigenvalue weighted by atomic mass is 10.0. The summed E-state index contributed by atoms with van der Waals surface area (Å²) in [7, 11) is 0. The van der Waals surface area contributed by atoms with Crippen molar-refractivity contribution in [2.24, 2.45) is 0 Å². The van der Waals surface area contributed by atoms with E-state index in [-0.39, 0.29) is 24.8 Å². The van der Waals surface area contributed by atoms with E-state index in [1.54, 1.807) is 6.20 Å². The van der Waals surface area contributed by atoms with Gasteiger partial charge in [0.15, 0.2) is 5.65 Å². The Morgan fingerprint density at radius 2 is 2.12 bits per heavy atom. The number of rotatable bonds is 5. The number of halogens is 2. The van der Waals surface area contributed by atoms with Crippen LogP contribution in [0.4, 0.5) is 11.6 Å². The van der Waals surface area contributed by atoms with E-state index in [2.05, 4.69) is 50.5 Å². The summed E-state index contributed by atoms with van der Waals surface area (Å²) >= 11 is 0. The Morgan fingerprint density at radius 1 is 1.23 bits per heavy atom. The third kappa shape index (κ3) is 4.15. The van der Waals surface area contributed by atoms with Crippen LogP contribution in [0.15, 0.2) is 43.2 Å². The number of hydrogen-bond acceptors (Lipinski definition) is 5. The summed E-state index contributed by atoms with van der Waals surface area (Å²) in [5, 5.41) is 12.0. The molecule has 138 valence electrons. The lowest BCUT2D eigenvalue weighted by Gasteiger charge is -2.18. The zero-order valence-corrected chi connectivity index (χ0v) is 15.9. The van der Waals surface area contributed by atoms with E-state index in [0.717, 1.165) is 49.2 Å². The Morgan fingerprint density at radius 3 is 2.96 bits per heavy atom. The summed E-state index contributed by atoms with van der Waals surface area (Å²) in [6.07, 6.45) is 7.44. The van der Waals surface area contributed by atoms with Gasteiger partial charge in [0.1, 0.15) is 0 Å². The molecule has 0 fully saturated rings. The van der Waals surface area contributed by atoms with Gasteiger partial charge in [0.2, 0.25) is 5.95 Å². The SMILES string of the molecule is C=CCCn1ncc2cnc(Nc3ccc4c(c3)CNCC4)nc21.Cl.Cl. The zero-order valence-electron chi connectivity index (χ0n) is 14.3. The molecule has 0 saturated heterocycles. The number of fused-ring (bicyclic) bond motifs is 2. The Hall–Kier alpha value is -2.15. The first kappa shape index (κ1) is 20.2. The second-order valence-electron chi connectivity index (χ2n) is 5.95. The van der Waals surface area contributed by atoms with Crippen LogP contribution in [0.25, 0.3) is 11.0 Å². The van der Waals surface area contributed by atoms with Gasteiger partial charge >= 0.3 is 0 Å². The van der Waals surface area contributed by atoms with Crippen LogP contribution in [0.5, 0.6) is 0 Å². The maximum Gasteiger partial charge on any atom is 0.229 e. The van der Waals surface area contributed by atoms with Gasteiger partial charge in [0.05, 0.1) is 11.6 Å².